The van der Waals surface area contributed by atoms with Crippen molar-refractivity contribution in [2.24, 2.45) is 0 Å². The van der Waals surface area contributed by atoms with E-state index in [1.807, 2.05) is 27.9 Å². The normalized spacial score (nSPS) is 14.1. The molecule has 0 saturated carbocycles. The van der Waals surface area contributed by atoms with Gasteiger partial charge in [-0.3, -0.25) is 9.59 Å². The number of esters is 2. The predicted octanol–water partition coefficient (Wildman–Crippen LogP) is 1.42. The molecule has 0 spiro atoms. The minimum atomic E-state index is -0.273. The van der Waals surface area contributed by atoms with E-state index in [1.165, 1.54) is 13.8 Å². The van der Waals surface area contributed by atoms with Crippen LogP contribution in [0.15, 0.2) is 0 Å². The van der Waals surface area contributed by atoms with E-state index < -0.39 is 0 Å². The molecule has 0 bridgehead atoms. The summed E-state index contributed by atoms with van der Waals surface area (Å²) in [6, 6.07) is 0. The van der Waals surface area contributed by atoms with Gasteiger partial charge in [-0.05, 0) is 13.8 Å². The largest absolute Gasteiger partial charge is 0.457 e. The van der Waals surface area contributed by atoms with Crippen LogP contribution in [0, 0.1) is 7.43 Å². The van der Waals surface area contributed by atoms with Gasteiger partial charge in [0.1, 0.15) is 25.3 Å². The zero-order chi connectivity index (χ0) is 13.6. The van der Waals surface area contributed by atoms with Crippen molar-refractivity contribution in [3.05, 3.63) is 7.43 Å². The van der Waals surface area contributed by atoms with E-state index >= 15 is 0 Å². The molecule has 18 heavy (non-hydrogen) atoms. The summed E-state index contributed by atoms with van der Waals surface area (Å²) >= 11 is 0. The van der Waals surface area contributed by atoms with Gasteiger partial charge in [-0.25, -0.2) is 0 Å². The molecule has 0 amide bonds. The standard InChI is InChI=1S/C12H24NO4.CH3/c1-9(16-11(3)14)7-13(5,6)8-10(2)17-12(4)15;/h9-10H,7-8H2,1-6H3;1H3/q+1;-1. The highest BCUT2D eigenvalue weighted by Gasteiger charge is 2.24. The first-order valence-corrected chi connectivity index (χ1v) is 5.79. The first-order chi connectivity index (χ1) is 7.62. The van der Waals surface area contributed by atoms with Gasteiger partial charge in [0.15, 0.2) is 0 Å². The van der Waals surface area contributed by atoms with E-state index in [0.717, 1.165) is 0 Å². The molecule has 0 fully saturated rings. The maximum Gasteiger partial charge on any atom is 0.303 e. The van der Waals surface area contributed by atoms with Gasteiger partial charge in [0.2, 0.25) is 0 Å². The van der Waals surface area contributed by atoms with Gasteiger partial charge in [0.25, 0.3) is 0 Å². The van der Waals surface area contributed by atoms with Crippen LogP contribution >= 0.6 is 0 Å². The third-order valence-corrected chi connectivity index (χ3v) is 2.24. The second-order valence-corrected chi connectivity index (χ2v) is 5.14. The zero-order valence-corrected chi connectivity index (χ0v) is 12.6. The van der Waals surface area contributed by atoms with Gasteiger partial charge in [0.05, 0.1) is 14.1 Å². The van der Waals surface area contributed by atoms with Crippen LogP contribution in [0.3, 0.4) is 0 Å². The molecular formula is C13H27NO4. The van der Waals surface area contributed by atoms with Gasteiger partial charge in [0, 0.05) is 13.8 Å². The maximum atomic E-state index is 10.8. The van der Waals surface area contributed by atoms with Crippen LogP contribution in [0.5, 0.6) is 0 Å². The lowest BCUT2D eigenvalue weighted by molar-refractivity contribution is -0.895. The molecule has 0 heterocycles. The van der Waals surface area contributed by atoms with Crippen LogP contribution in [0.1, 0.15) is 27.7 Å². The molecule has 5 heteroatoms. The minimum Gasteiger partial charge on any atom is -0.457 e. The number of hydrogen-bond donors (Lipinski definition) is 0. The summed E-state index contributed by atoms with van der Waals surface area (Å²) in [5.74, 6) is -0.545. The highest BCUT2D eigenvalue weighted by molar-refractivity contribution is 5.66. The number of nitrogens with zero attached hydrogens (tertiary/aromatic N) is 1. The molecule has 0 aromatic rings. The molecule has 2 unspecified atom stereocenters. The lowest BCUT2D eigenvalue weighted by atomic mass is 10.2. The third-order valence-electron chi connectivity index (χ3n) is 2.24. The van der Waals surface area contributed by atoms with Crippen LogP contribution < -0.4 is 0 Å². The molecule has 5 nitrogen and oxygen atoms in total. The Kier molecular flexibility index (Phi) is 8.64. The summed E-state index contributed by atoms with van der Waals surface area (Å²) in [4.78, 5) is 21.6. The van der Waals surface area contributed by atoms with E-state index in [1.54, 1.807) is 0 Å². The van der Waals surface area contributed by atoms with Crippen molar-refractivity contribution < 1.29 is 23.5 Å². The molecule has 2 atom stereocenters. The molecule has 0 aliphatic carbocycles. The number of ether oxygens (including phenoxy) is 2. The molecular weight excluding hydrogens is 234 g/mol. The lowest BCUT2D eigenvalue weighted by Gasteiger charge is -2.33. The Morgan fingerprint density at radius 1 is 0.944 bits per heavy atom. The van der Waals surface area contributed by atoms with E-state index in [0.29, 0.717) is 17.6 Å². The summed E-state index contributed by atoms with van der Waals surface area (Å²) in [5.41, 5.74) is 0. The Morgan fingerprint density at radius 2 is 1.22 bits per heavy atom. The molecule has 0 rings (SSSR count). The topological polar surface area (TPSA) is 52.6 Å². The molecule has 0 aliphatic heterocycles. The van der Waals surface area contributed by atoms with Crippen LogP contribution in [0.4, 0.5) is 0 Å². The lowest BCUT2D eigenvalue weighted by Crippen LogP contribution is -2.49. The van der Waals surface area contributed by atoms with Crippen molar-refractivity contribution in [3.8, 4) is 0 Å². The SMILES string of the molecule is CC(=O)OC(C)C[N+](C)(C)CC(C)OC(C)=O.[CH3-]. The number of rotatable bonds is 6. The van der Waals surface area contributed by atoms with Gasteiger partial charge < -0.3 is 21.4 Å². The van der Waals surface area contributed by atoms with Gasteiger partial charge in [-0.15, -0.1) is 0 Å². The quantitative estimate of drug-likeness (QED) is 0.412. The summed E-state index contributed by atoms with van der Waals surface area (Å²) in [6.07, 6.45) is -0.293. The molecule has 0 aromatic carbocycles. The summed E-state index contributed by atoms with van der Waals surface area (Å²) < 4.78 is 10.8. The first kappa shape index (κ1) is 19.2. The van der Waals surface area contributed by atoms with Crippen molar-refractivity contribution in [3.63, 3.8) is 0 Å². The Balaban J connectivity index is 0. The smallest absolute Gasteiger partial charge is 0.303 e. The third kappa shape index (κ3) is 10.1. The molecule has 0 aliphatic rings. The summed E-state index contributed by atoms with van der Waals surface area (Å²) in [5, 5.41) is 0. The number of carbonyl (C=O) groups excluding carboxylic acids is 2. The first-order valence-electron chi connectivity index (χ1n) is 5.79. The monoisotopic (exact) mass is 261 g/mol. The Labute approximate surface area is 111 Å². The zero-order valence-electron chi connectivity index (χ0n) is 12.6. The Morgan fingerprint density at radius 3 is 1.44 bits per heavy atom. The van der Waals surface area contributed by atoms with Crippen LogP contribution in [0.25, 0.3) is 0 Å². The highest BCUT2D eigenvalue weighted by atomic mass is 16.5. The maximum absolute atomic E-state index is 10.8. The number of likely N-dealkylation sites (N-methyl/N-ethyl adjacent to an activating group) is 1. The Hall–Kier alpha value is -1.10. The summed E-state index contributed by atoms with van der Waals surface area (Å²) in [6.45, 7) is 7.89. The van der Waals surface area contributed by atoms with Crippen LogP contribution in [-0.2, 0) is 19.1 Å². The summed E-state index contributed by atoms with van der Waals surface area (Å²) in [7, 11) is 4.03. The van der Waals surface area contributed by atoms with Crippen molar-refractivity contribution in [1.82, 2.24) is 0 Å². The van der Waals surface area contributed by atoms with Crippen molar-refractivity contribution >= 4 is 11.9 Å². The van der Waals surface area contributed by atoms with Crippen molar-refractivity contribution in [1.29, 1.82) is 0 Å². The average molecular weight is 261 g/mol. The van der Waals surface area contributed by atoms with Crippen LogP contribution in [0.2, 0.25) is 0 Å². The predicted molar refractivity (Wildman–Crippen MR) is 70.7 cm³/mol. The second-order valence-electron chi connectivity index (χ2n) is 5.14. The number of quaternary nitrogens is 1. The Bertz CT molecular complexity index is 250. The van der Waals surface area contributed by atoms with Gasteiger partial charge in [-0.2, -0.15) is 0 Å². The molecule has 0 N–H and O–H groups in total. The van der Waals surface area contributed by atoms with E-state index in [-0.39, 0.29) is 31.6 Å². The van der Waals surface area contributed by atoms with E-state index in [2.05, 4.69) is 0 Å². The number of carbonyl (C=O) groups is 2. The van der Waals surface area contributed by atoms with Gasteiger partial charge >= 0.3 is 11.9 Å². The second kappa shape index (κ2) is 8.08. The van der Waals surface area contributed by atoms with Crippen molar-refractivity contribution in [2.45, 2.75) is 39.9 Å². The number of hydrogen-bond acceptors (Lipinski definition) is 4. The minimum absolute atomic E-state index is 0. The fourth-order valence-corrected chi connectivity index (χ4v) is 2.11. The van der Waals surface area contributed by atoms with Crippen LogP contribution in [-0.4, -0.2) is 55.8 Å². The van der Waals surface area contributed by atoms with E-state index in [4.69, 9.17) is 9.47 Å². The molecule has 0 radical (unpaired) electrons. The molecule has 108 valence electrons. The highest BCUT2D eigenvalue weighted by Crippen LogP contribution is 2.07. The van der Waals surface area contributed by atoms with E-state index in [9.17, 15) is 9.59 Å². The molecule has 0 aromatic heterocycles. The van der Waals surface area contributed by atoms with Crippen molar-refractivity contribution in [2.75, 3.05) is 27.2 Å². The van der Waals surface area contributed by atoms with Gasteiger partial charge in [-0.1, -0.05) is 0 Å². The average Bonchev–Trinajstić information content (AvgIpc) is 1.95. The fourth-order valence-electron chi connectivity index (χ4n) is 2.11. The fraction of sp³-hybridized carbons (Fsp3) is 0.769. The molecule has 0 saturated heterocycles.